The maximum atomic E-state index is 13.8. The SMILES string of the molecule is Cc1nn(-c2ccccc2)c2c1[C@@H](c1ccc(F)cc1)C1=C(CC(c3ccccc3)=CC1=O)N2. The summed E-state index contributed by atoms with van der Waals surface area (Å²) >= 11 is 0. The van der Waals surface area contributed by atoms with Crippen molar-refractivity contribution in [2.45, 2.75) is 19.3 Å². The number of aryl methyl sites for hydroxylation is 1. The van der Waals surface area contributed by atoms with Crippen LogP contribution in [0.25, 0.3) is 11.3 Å². The van der Waals surface area contributed by atoms with Gasteiger partial charge in [0.15, 0.2) is 5.78 Å². The number of nitrogens with zero attached hydrogens (tertiary/aromatic N) is 2. The second-order valence-corrected chi connectivity index (χ2v) is 8.67. The van der Waals surface area contributed by atoms with Crippen LogP contribution in [0.2, 0.25) is 0 Å². The number of hydrogen-bond acceptors (Lipinski definition) is 3. The van der Waals surface area contributed by atoms with E-state index in [0.717, 1.165) is 45.2 Å². The number of halogens is 1. The number of fused-ring (bicyclic) bond motifs is 1. The van der Waals surface area contributed by atoms with E-state index in [9.17, 15) is 9.18 Å². The first kappa shape index (κ1) is 20.4. The molecule has 4 nitrogen and oxygen atoms in total. The van der Waals surface area contributed by atoms with Crippen molar-refractivity contribution in [1.29, 1.82) is 0 Å². The van der Waals surface area contributed by atoms with Gasteiger partial charge < -0.3 is 5.32 Å². The molecule has 1 atom stereocenters. The molecule has 0 fully saturated rings. The molecule has 1 N–H and O–H groups in total. The van der Waals surface area contributed by atoms with E-state index in [2.05, 4.69) is 5.32 Å². The standard InChI is InChI=1S/C29H22FN3O/c1-18-26-27(20-12-14-22(30)15-13-20)28-24(16-21(17-25(28)34)19-8-4-2-5-9-19)31-29(26)33(32-18)23-10-6-3-7-11-23/h2-15,17,27,31H,16H2,1H3/t27-/m1/s1. The van der Waals surface area contributed by atoms with E-state index in [1.165, 1.54) is 12.1 Å². The molecule has 5 heteroatoms. The highest BCUT2D eigenvalue weighted by Crippen LogP contribution is 2.48. The molecule has 166 valence electrons. The largest absolute Gasteiger partial charge is 0.343 e. The predicted molar refractivity (Wildman–Crippen MR) is 131 cm³/mol. The number of hydrogen-bond donors (Lipinski definition) is 1. The molecule has 1 aliphatic carbocycles. The average molecular weight is 448 g/mol. The summed E-state index contributed by atoms with van der Waals surface area (Å²) in [6.45, 7) is 1.96. The van der Waals surface area contributed by atoms with Gasteiger partial charge in [-0.05, 0) is 54.0 Å². The van der Waals surface area contributed by atoms with Crippen LogP contribution in [0.15, 0.2) is 102 Å². The first-order valence-electron chi connectivity index (χ1n) is 11.3. The lowest BCUT2D eigenvalue weighted by molar-refractivity contribution is -0.111. The Morgan fingerprint density at radius 2 is 1.62 bits per heavy atom. The summed E-state index contributed by atoms with van der Waals surface area (Å²) in [6.07, 6.45) is 2.34. The van der Waals surface area contributed by atoms with Gasteiger partial charge in [-0.2, -0.15) is 5.10 Å². The molecule has 1 aliphatic heterocycles. The Labute approximate surface area is 197 Å². The van der Waals surface area contributed by atoms with E-state index >= 15 is 0 Å². The minimum atomic E-state index is -0.328. The van der Waals surface area contributed by atoms with Crippen molar-refractivity contribution < 1.29 is 9.18 Å². The van der Waals surface area contributed by atoms with Crippen molar-refractivity contribution in [3.05, 3.63) is 130 Å². The number of aromatic nitrogens is 2. The number of ketones is 1. The summed E-state index contributed by atoms with van der Waals surface area (Å²) in [4.78, 5) is 13.6. The molecule has 4 aromatic rings. The first-order chi connectivity index (χ1) is 16.6. The third-order valence-electron chi connectivity index (χ3n) is 6.57. The fourth-order valence-electron chi connectivity index (χ4n) is 5.02. The summed E-state index contributed by atoms with van der Waals surface area (Å²) in [7, 11) is 0. The normalized spacial score (nSPS) is 17.1. The highest BCUT2D eigenvalue weighted by Gasteiger charge is 2.39. The minimum absolute atomic E-state index is 0.0283. The Kier molecular flexibility index (Phi) is 4.77. The Bertz CT molecular complexity index is 1470. The average Bonchev–Trinajstić information content (AvgIpc) is 3.20. The number of carbonyl (C=O) groups is 1. The highest BCUT2D eigenvalue weighted by molar-refractivity contribution is 6.13. The van der Waals surface area contributed by atoms with E-state index in [1.807, 2.05) is 72.3 Å². The monoisotopic (exact) mass is 447 g/mol. The van der Waals surface area contributed by atoms with Crippen molar-refractivity contribution in [3.63, 3.8) is 0 Å². The molecule has 3 aromatic carbocycles. The second-order valence-electron chi connectivity index (χ2n) is 8.67. The molecule has 1 aromatic heterocycles. The lowest BCUT2D eigenvalue weighted by Crippen LogP contribution is -2.26. The van der Waals surface area contributed by atoms with Gasteiger partial charge >= 0.3 is 0 Å². The fourth-order valence-corrected chi connectivity index (χ4v) is 5.02. The maximum Gasteiger partial charge on any atom is 0.184 e. The summed E-state index contributed by atoms with van der Waals surface area (Å²) < 4.78 is 15.7. The predicted octanol–water partition coefficient (Wildman–Crippen LogP) is 6.19. The van der Waals surface area contributed by atoms with E-state index in [4.69, 9.17) is 5.10 Å². The number of nitrogens with one attached hydrogen (secondary N) is 1. The zero-order valence-electron chi connectivity index (χ0n) is 18.6. The van der Waals surface area contributed by atoms with Crippen molar-refractivity contribution >= 4 is 17.2 Å². The lowest BCUT2D eigenvalue weighted by Gasteiger charge is -2.33. The van der Waals surface area contributed by atoms with E-state index < -0.39 is 0 Å². The van der Waals surface area contributed by atoms with Gasteiger partial charge in [0, 0.05) is 29.2 Å². The molecule has 34 heavy (non-hydrogen) atoms. The van der Waals surface area contributed by atoms with Gasteiger partial charge in [-0.25, -0.2) is 9.07 Å². The maximum absolute atomic E-state index is 13.8. The highest BCUT2D eigenvalue weighted by atomic mass is 19.1. The number of para-hydroxylation sites is 1. The Hall–Kier alpha value is -4.25. The number of carbonyl (C=O) groups excluding carboxylic acids is 1. The Balaban J connectivity index is 1.54. The van der Waals surface area contributed by atoms with Gasteiger partial charge in [0.05, 0.1) is 11.4 Å². The third kappa shape index (κ3) is 3.28. The van der Waals surface area contributed by atoms with Crippen LogP contribution in [0.3, 0.4) is 0 Å². The summed E-state index contributed by atoms with van der Waals surface area (Å²) in [6, 6.07) is 26.3. The van der Waals surface area contributed by atoms with Gasteiger partial charge in [0.25, 0.3) is 0 Å². The smallest absolute Gasteiger partial charge is 0.184 e. The van der Waals surface area contributed by atoms with Crippen LogP contribution in [-0.2, 0) is 4.79 Å². The van der Waals surface area contributed by atoms with Crippen LogP contribution in [-0.4, -0.2) is 15.6 Å². The third-order valence-corrected chi connectivity index (χ3v) is 6.57. The fraction of sp³-hybridized carbons (Fsp3) is 0.103. The van der Waals surface area contributed by atoms with Gasteiger partial charge in [0.1, 0.15) is 11.6 Å². The molecule has 0 bridgehead atoms. The zero-order valence-corrected chi connectivity index (χ0v) is 18.6. The van der Waals surface area contributed by atoms with Gasteiger partial charge in [0.2, 0.25) is 0 Å². The molecule has 2 aliphatic rings. The van der Waals surface area contributed by atoms with Crippen LogP contribution in [0.5, 0.6) is 0 Å². The van der Waals surface area contributed by atoms with Gasteiger partial charge in [-0.3, -0.25) is 4.79 Å². The summed E-state index contributed by atoms with van der Waals surface area (Å²) in [5.74, 6) is 0.189. The van der Waals surface area contributed by atoms with Gasteiger partial charge in [-0.15, -0.1) is 0 Å². The number of rotatable bonds is 3. The van der Waals surface area contributed by atoms with E-state index in [-0.39, 0.29) is 17.5 Å². The lowest BCUT2D eigenvalue weighted by atomic mass is 9.76. The molecule has 0 amide bonds. The zero-order chi connectivity index (χ0) is 23.2. The molecule has 0 saturated carbocycles. The number of allylic oxidation sites excluding steroid dienone is 3. The van der Waals surface area contributed by atoms with Crippen LogP contribution in [0.4, 0.5) is 10.2 Å². The quantitative estimate of drug-likeness (QED) is 0.407. The molecule has 0 radical (unpaired) electrons. The van der Waals surface area contributed by atoms with Crippen molar-refractivity contribution in [2.24, 2.45) is 0 Å². The van der Waals surface area contributed by atoms with Crippen LogP contribution < -0.4 is 5.32 Å². The molecule has 2 heterocycles. The van der Waals surface area contributed by atoms with Crippen molar-refractivity contribution in [3.8, 4) is 5.69 Å². The Morgan fingerprint density at radius 1 is 0.941 bits per heavy atom. The van der Waals surface area contributed by atoms with Gasteiger partial charge in [-0.1, -0.05) is 60.7 Å². The van der Waals surface area contributed by atoms with Crippen molar-refractivity contribution in [1.82, 2.24) is 9.78 Å². The summed E-state index contributed by atoms with van der Waals surface area (Å²) in [5.41, 5.74) is 7.15. The number of benzene rings is 3. The second kappa shape index (κ2) is 7.96. The number of anilines is 1. The first-order valence-corrected chi connectivity index (χ1v) is 11.3. The molecule has 0 unspecified atom stereocenters. The molecule has 0 spiro atoms. The van der Waals surface area contributed by atoms with Crippen LogP contribution in [0, 0.1) is 12.7 Å². The molecular formula is C29H22FN3O. The Morgan fingerprint density at radius 3 is 2.32 bits per heavy atom. The van der Waals surface area contributed by atoms with Crippen LogP contribution in [0.1, 0.15) is 34.7 Å². The van der Waals surface area contributed by atoms with Crippen molar-refractivity contribution in [2.75, 3.05) is 5.32 Å². The molecular weight excluding hydrogens is 425 g/mol. The molecule has 6 rings (SSSR count). The van der Waals surface area contributed by atoms with E-state index in [1.54, 1.807) is 18.2 Å². The topological polar surface area (TPSA) is 46.9 Å². The summed E-state index contributed by atoms with van der Waals surface area (Å²) in [5, 5.41) is 8.41. The van der Waals surface area contributed by atoms with Crippen LogP contribution >= 0.6 is 0 Å². The van der Waals surface area contributed by atoms with E-state index in [0.29, 0.717) is 12.0 Å². The molecule has 0 saturated heterocycles. The minimum Gasteiger partial charge on any atom is -0.343 e.